The Morgan fingerprint density at radius 3 is 2.75 bits per heavy atom. The van der Waals surface area contributed by atoms with E-state index in [1.807, 2.05) is 0 Å². The van der Waals surface area contributed by atoms with Gasteiger partial charge in [0.15, 0.2) is 0 Å². The Labute approximate surface area is 98.8 Å². The molecule has 0 aromatic heterocycles. The smallest absolute Gasteiger partial charge is 0.219 e. The lowest BCUT2D eigenvalue weighted by molar-refractivity contribution is -0.889. The molecule has 1 amide bonds. The van der Waals surface area contributed by atoms with Crippen LogP contribution >= 0.6 is 0 Å². The van der Waals surface area contributed by atoms with Crippen LogP contribution < -0.4 is 4.90 Å². The summed E-state index contributed by atoms with van der Waals surface area (Å²) < 4.78 is 0. The van der Waals surface area contributed by atoms with Crippen molar-refractivity contribution in [2.75, 3.05) is 26.7 Å². The van der Waals surface area contributed by atoms with Crippen LogP contribution in [0.15, 0.2) is 0 Å². The SMILES string of the molecule is CC(=O)N1CCCCC1C1CCC[NH+](C)C1. The van der Waals surface area contributed by atoms with Crippen molar-refractivity contribution in [3.05, 3.63) is 0 Å². The molecule has 2 fully saturated rings. The van der Waals surface area contributed by atoms with Gasteiger partial charge in [0.2, 0.25) is 5.91 Å². The molecule has 2 saturated heterocycles. The number of piperidine rings is 2. The number of nitrogens with one attached hydrogen (secondary N) is 1. The predicted molar refractivity (Wildman–Crippen MR) is 64.4 cm³/mol. The Morgan fingerprint density at radius 1 is 1.25 bits per heavy atom. The first-order valence-electron chi connectivity index (χ1n) is 6.77. The summed E-state index contributed by atoms with van der Waals surface area (Å²) in [4.78, 5) is 15.4. The van der Waals surface area contributed by atoms with Gasteiger partial charge in [-0.1, -0.05) is 0 Å². The van der Waals surface area contributed by atoms with Crippen molar-refractivity contribution < 1.29 is 9.69 Å². The van der Waals surface area contributed by atoms with Crippen LogP contribution in [-0.4, -0.2) is 43.5 Å². The second-order valence-corrected chi connectivity index (χ2v) is 5.59. The molecule has 2 aliphatic rings. The number of rotatable bonds is 1. The van der Waals surface area contributed by atoms with Gasteiger partial charge in [0, 0.05) is 25.4 Å². The molecule has 3 unspecified atom stereocenters. The van der Waals surface area contributed by atoms with Crippen molar-refractivity contribution in [1.29, 1.82) is 0 Å². The number of nitrogens with zero attached hydrogens (tertiary/aromatic N) is 1. The number of carbonyl (C=O) groups excluding carboxylic acids is 1. The Balaban J connectivity index is 2.01. The largest absolute Gasteiger partial charge is 0.339 e. The Kier molecular flexibility index (Phi) is 3.85. The number of hydrogen-bond acceptors (Lipinski definition) is 1. The normalized spacial score (nSPS) is 36.1. The zero-order chi connectivity index (χ0) is 11.5. The molecule has 2 heterocycles. The van der Waals surface area contributed by atoms with Gasteiger partial charge in [-0.2, -0.15) is 0 Å². The molecule has 16 heavy (non-hydrogen) atoms. The van der Waals surface area contributed by atoms with Crippen LogP contribution in [0.4, 0.5) is 0 Å². The van der Waals surface area contributed by atoms with Crippen LogP contribution in [0.5, 0.6) is 0 Å². The van der Waals surface area contributed by atoms with Crippen LogP contribution in [0, 0.1) is 5.92 Å². The fourth-order valence-corrected chi connectivity index (χ4v) is 3.48. The molecule has 0 spiro atoms. The van der Waals surface area contributed by atoms with Gasteiger partial charge in [-0.25, -0.2) is 0 Å². The highest BCUT2D eigenvalue weighted by molar-refractivity contribution is 5.73. The highest BCUT2D eigenvalue weighted by Gasteiger charge is 2.34. The summed E-state index contributed by atoms with van der Waals surface area (Å²) in [6.45, 7) is 5.30. The first kappa shape index (κ1) is 11.9. The maximum Gasteiger partial charge on any atom is 0.219 e. The Morgan fingerprint density at radius 2 is 2.06 bits per heavy atom. The van der Waals surface area contributed by atoms with Crippen LogP contribution in [0.25, 0.3) is 0 Å². The molecule has 0 saturated carbocycles. The predicted octanol–water partition coefficient (Wildman–Crippen LogP) is 0.312. The minimum atomic E-state index is 0.285. The first-order chi connectivity index (χ1) is 7.68. The van der Waals surface area contributed by atoms with E-state index in [-0.39, 0.29) is 5.91 Å². The second-order valence-electron chi connectivity index (χ2n) is 5.59. The van der Waals surface area contributed by atoms with E-state index in [2.05, 4.69) is 11.9 Å². The summed E-state index contributed by atoms with van der Waals surface area (Å²) in [5.41, 5.74) is 0. The van der Waals surface area contributed by atoms with E-state index in [9.17, 15) is 4.79 Å². The van der Waals surface area contributed by atoms with E-state index < -0.39 is 0 Å². The third-order valence-corrected chi connectivity index (χ3v) is 4.29. The second kappa shape index (κ2) is 5.17. The number of quaternary nitrogens is 1. The maximum atomic E-state index is 11.7. The third-order valence-electron chi connectivity index (χ3n) is 4.29. The zero-order valence-corrected chi connectivity index (χ0v) is 10.7. The number of hydrogen-bond donors (Lipinski definition) is 1. The number of likely N-dealkylation sites (tertiary alicyclic amines) is 2. The minimum Gasteiger partial charge on any atom is -0.339 e. The van der Waals surface area contributed by atoms with Crippen LogP contribution in [-0.2, 0) is 4.79 Å². The molecule has 3 heteroatoms. The molecular weight excluding hydrogens is 200 g/mol. The molecule has 2 rings (SSSR count). The van der Waals surface area contributed by atoms with Gasteiger partial charge in [0.05, 0.1) is 20.1 Å². The quantitative estimate of drug-likeness (QED) is 0.683. The van der Waals surface area contributed by atoms with Gasteiger partial charge in [-0.15, -0.1) is 0 Å². The summed E-state index contributed by atoms with van der Waals surface area (Å²) in [6, 6.07) is 0.543. The van der Waals surface area contributed by atoms with E-state index in [4.69, 9.17) is 0 Å². The molecule has 0 radical (unpaired) electrons. The van der Waals surface area contributed by atoms with E-state index in [1.54, 1.807) is 11.8 Å². The monoisotopic (exact) mass is 225 g/mol. The highest BCUT2D eigenvalue weighted by Crippen LogP contribution is 2.26. The summed E-state index contributed by atoms with van der Waals surface area (Å²) in [5.74, 6) is 1.03. The Hall–Kier alpha value is -0.570. The van der Waals surface area contributed by atoms with Crippen LogP contribution in [0.2, 0.25) is 0 Å². The molecular formula is C13H25N2O+. The van der Waals surface area contributed by atoms with Crippen LogP contribution in [0.3, 0.4) is 0 Å². The zero-order valence-electron chi connectivity index (χ0n) is 10.7. The van der Waals surface area contributed by atoms with Gasteiger partial charge in [-0.05, 0) is 32.1 Å². The maximum absolute atomic E-state index is 11.7. The van der Waals surface area contributed by atoms with Crippen molar-refractivity contribution in [2.24, 2.45) is 5.92 Å². The van der Waals surface area contributed by atoms with Crippen LogP contribution in [0.1, 0.15) is 39.0 Å². The van der Waals surface area contributed by atoms with Crippen molar-refractivity contribution >= 4 is 5.91 Å². The molecule has 3 nitrogen and oxygen atoms in total. The van der Waals surface area contributed by atoms with Crippen molar-refractivity contribution in [2.45, 2.75) is 45.1 Å². The molecule has 2 aliphatic heterocycles. The van der Waals surface area contributed by atoms with Gasteiger partial charge in [0.25, 0.3) is 0 Å². The molecule has 1 N–H and O–H groups in total. The van der Waals surface area contributed by atoms with Crippen molar-refractivity contribution in [3.8, 4) is 0 Å². The summed E-state index contributed by atoms with van der Waals surface area (Å²) in [6.07, 6.45) is 6.40. The third kappa shape index (κ3) is 2.57. The number of carbonyl (C=O) groups is 1. The average Bonchev–Trinajstić information content (AvgIpc) is 2.29. The van der Waals surface area contributed by atoms with E-state index in [1.165, 1.54) is 45.2 Å². The average molecular weight is 225 g/mol. The highest BCUT2D eigenvalue weighted by atomic mass is 16.2. The van der Waals surface area contributed by atoms with Gasteiger partial charge >= 0.3 is 0 Å². The van der Waals surface area contributed by atoms with Crippen molar-refractivity contribution in [1.82, 2.24) is 4.90 Å². The van der Waals surface area contributed by atoms with Gasteiger partial charge in [-0.3, -0.25) is 4.79 Å². The van der Waals surface area contributed by atoms with Gasteiger partial charge in [0.1, 0.15) is 0 Å². The molecule has 0 bridgehead atoms. The fraction of sp³-hybridized carbons (Fsp3) is 0.923. The standard InChI is InChI=1S/C13H24N2O/c1-11(16)15-9-4-3-7-13(15)12-6-5-8-14(2)10-12/h12-13H,3-10H2,1-2H3/p+1. The lowest BCUT2D eigenvalue weighted by atomic mass is 9.85. The van der Waals surface area contributed by atoms with E-state index in [0.29, 0.717) is 6.04 Å². The van der Waals surface area contributed by atoms with E-state index in [0.717, 1.165) is 12.5 Å². The number of amides is 1. The lowest BCUT2D eigenvalue weighted by Crippen LogP contribution is -3.11. The Bertz CT molecular complexity index is 254. The topological polar surface area (TPSA) is 24.8 Å². The molecule has 3 atom stereocenters. The summed E-state index contributed by atoms with van der Waals surface area (Å²) in [5, 5.41) is 0. The fourth-order valence-electron chi connectivity index (χ4n) is 3.48. The first-order valence-corrected chi connectivity index (χ1v) is 6.77. The summed E-state index contributed by atoms with van der Waals surface area (Å²) in [7, 11) is 2.28. The molecule has 0 aliphatic carbocycles. The van der Waals surface area contributed by atoms with Crippen molar-refractivity contribution in [3.63, 3.8) is 0 Å². The molecule has 92 valence electrons. The minimum absolute atomic E-state index is 0.285. The molecule has 0 aromatic carbocycles. The lowest BCUT2D eigenvalue weighted by Gasteiger charge is -2.42. The van der Waals surface area contributed by atoms with E-state index >= 15 is 0 Å². The van der Waals surface area contributed by atoms with Gasteiger partial charge < -0.3 is 9.80 Å². The summed E-state index contributed by atoms with van der Waals surface area (Å²) >= 11 is 0. The molecule has 0 aromatic rings.